The molecule has 2 aromatic heterocycles. The van der Waals surface area contributed by atoms with Crippen molar-refractivity contribution in [1.82, 2.24) is 20.3 Å². The Morgan fingerprint density at radius 1 is 1.54 bits per heavy atom. The van der Waals surface area contributed by atoms with Crippen LogP contribution in [0.25, 0.3) is 11.0 Å². The Balaban J connectivity index is 0.000000301. The van der Waals surface area contributed by atoms with E-state index in [0.717, 1.165) is 29.9 Å². The Kier molecular flexibility index (Phi) is 6.09. The molecule has 1 fully saturated rings. The molecule has 0 aliphatic carbocycles. The summed E-state index contributed by atoms with van der Waals surface area (Å²) in [6, 6.07) is 4.00. The Hall–Kier alpha value is -2.66. The number of aromatic amines is 1. The molecule has 128 valence electrons. The summed E-state index contributed by atoms with van der Waals surface area (Å²) in [5.41, 5.74) is 0.906. The number of rotatable bonds is 3. The zero-order valence-corrected chi connectivity index (χ0v) is 13.9. The van der Waals surface area contributed by atoms with Gasteiger partial charge in [0, 0.05) is 25.8 Å². The van der Waals surface area contributed by atoms with Crippen LogP contribution in [0.5, 0.6) is 0 Å². The highest BCUT2D eigenvalue weighted by molar-refractivity contribution is 5.87. The molecule has 8 nitrogen and oxygen atoms in total. The highest BCUT2D eigenvalue weighted by atomic mass is 16.4. The quantitative estimate of drug-likeness (QED) is 0.778. The van der Waals surface area contributed by atoms with Crippen LogP contribution in [0.1, 0.15) is 19.8 Å². The van der Waals surface area contributed by atoms with E-state index < -0.39 is 12.4 Å². The van der Waals surface area contributed by atoms with Gasteiger partial charge in [0.05, 0.1) is 11.5 Å². The number of nitrogens with zero attached hydrogens (tertiary/aromatic N) is 4. The standard InChI is InChI=1S/C13H19N5.C3H3NO2/c1-9-3-5-14-7-11(9)18(2)13-10-4-6-15-12(10)16-8-17-13;4-2-1-3(5)6/h4,6,8-9,11,14H,3,5,7H2,1-2H3,(H,15,16,17);1H2,(H,5,6)/t9-,11+;/m1./s1. The summed E-state index contributed by atoms with van der Waals surface area (Å²) in [5, 5.41) is 19.9. The molecule has 8 heteroatoms. The molecule has 0 saturated carbocycles. The lowest BCUT2D eigenvalue weighted by Gasteiger charge is -2.37. The molecule has 0 spiro atoms. The highest BCUT2D eigenvalue weighted by Crippen LogP contribution is 2.26. The Morgan fingerprint density at radius 2 is 2.33 bits per heavy atom. The number of H-pyrrole nitrogens is 1. The van der Waals surface area contributed by atoms with Gasteiger partial charge in [-0.25, -0.2) is 9.97 Å². The lowest BCUT2D eigenvalue weighted by atomic mass is 9.93. The first kappa shape index (κ1) is 17.7. The van der Waals surface area contributed by atoms with E-state index >= 15 is 0 Å². The summed E-state index contributed by atoms with van der Waals surface area (Å²) in [5.74, 6) is 0.625. The SMILES string of the molecule is C[C@@H]1CCNC[C@@H]1N(C)c1ncnc2[nH]ccc12.N#CCC(=O)O. The summed E-state index contributed by atoms with van der Waals surface area (Å²) in [6.45, 7) is 4.46. The molecule has 0 unspecified atom stereocenters. The van der Waals surface area contributed by atoms with Gasteiger partial charge in [0.1, 0.15) is 24.2 Å². The van der Waals surface area contributed by atoms with Crippen LogP contribution in [-0.2, 0) is 4.79 Å². The molecule has 3 heterocycles. The Labute approximate surface area is 140 Å². The minimum atomic E-state index is -1.07. The zero-order chi connectivity index (χ0) is 17.5. The van der Waals surface area contributed by atoms with E-state index in [1.165, 1.54) is 12.5 Å². The van der Waals surface area contributed by atoms with E-state index in [2.05, 4.69) is 39.1 Å². The van der Waals surface area contributed by atoms with E-state index in [-0.39, 0.29) is 0 Å². The van der Waals surface area contributed by atoms with E-state index in [1.807, 2.05) is 12.3 Å². The third kappa shape index (κ3) is 4.20. The summed E-state index contributed by atoms with van der Waals surface area (Å²) in [4.78, 5) is 23.5. The third-order valence-corrected chi connectivity index (χ3v) is 4.18. The van der Waals surface area contributed by atoms with Crippen molar-refractivity contribution in [3.05, 3.63) is 18.6 Å². The monoisotopic (exact) mass is 330 g/mol. The number of anilines is 1. The smallest absolute Gasteiger partial charge is 0.317 e. The maximum atomic E-state index is 9.38. The number of hydrogen-bond acceptors (Lipinski definition) is 6. The van der Waals surface area contributed by atoms with Crippen LogP contribution in [0.3, 0.4) is 0 Å². The lowest BCUT2D eigenvalue weighted by molar-refractivity contribution is -0.135. The van der Waals surface area contributed by atoms with Gasteiger partial charge in [-0.3, -0.25) is 4.79 Å². The number of carbonyl (C=O) groups is 1. The molecule has 0 radical (unpaired) electrons. The van der Waals surface area contributed by atoms with Crippen LogP contribution in [0.2, 0.25) is 0 Å². The number of likely N-dealkylation sites (N-methyl/N-ethyl adjacent to an activating group) is 1. The molecule has 1 aliphatic heterocycles. The van der Waals surface area contributed by atoms with Gasteiger partial charge in [0.15, 0.2) is 0 Å². The average molecular weight is 330 g/mol. The van der Waals surface area contributed by atoms with Crippen molar-refractivity contribution in [3.63, 3.8) is 0 Å². The number of aliphatic carboxylic acids is 1. The van der Waals surface area contributed by atoms with Crippen molar-refractivity contribution in [2.75, 3.05) is 25.0 Å². The van der Waals surface area contributed by atoms with Crippen molar-refractivity contribution < 1.29 is 9.90 Å². The van der Waals surface area contributed by atoms with Gasteiger partial charge in [-0.1, -0.05) is 6.92 Å². The van der Waals surface area contributed by atoms with Crippen LogP contribution in [0.4, 0.5) is 5.82 Å². The van der Waals surface area contributed by atoms with Crippen molar-refractivity contribution in [3.8, 4) is 6.07 Å². The zero-order valence-electron chi connectivity index (χ0n) is 13.9. The normalized spacial score (nSPS) is 19.9. The molecular formula is C16H22N6O2. The maximum absolute atomic E-state index is 9.38. The molecule has 3 rings (SSSR count). The number of carboxylic acids is 1. The minimum absolute atomic E-state index is 0.403. The van der Waals surface area contributed by atoms with Gasteiger partial charge in [0.25, 0.3) is 0 Å². The van der Waals surface area contributed by atoms with Gasteiger partial charge in [-0.05, 0) is 24.9 Å². The fourth-order valence-corrected chi connectivity index (χ4v) is 2.86. The summed E-state index contributed by atoms with van der Waals surface area (Å²) in [7, 11) is 2.13. The van der Waals surface area contributed by atoms with Crippen molar-refractivity contribution in [2.24, 2.45) is 5.92 Å². The Morgan fingerprint density at radius 3 is 2.96 bits per heavy atom. The fourth-order valence-electron chi connectivity index (χ4n) is 2.86. The van der Waals surface area contributed by atoms with E-state index in [1.54, 1.807) is 6.33 Å². The number of hydrogen-bond donors (Lipinski definition) is 3. The highest BCUT2D eigenvalue weighted by Gasteiger charge is 2.26. The number of nitrogens with one attached hydrogen (secondary N) is 2. The number of aromatic nitrogens is 3. The van der Waals surface area contributed by atoms with Crippen molar-refractivity contribution in [2.45, 2.75) is 25.8 Å². The van der Waals surface area contributed by atoms with E-state index in [4.69, 9.17) is 10.4 Å². The number of nitriles is 1. The number of piperidine rings is 1. The van der Waals surface area contributed by atoms with Crippen LogP contribution in [0, 0.1) is 17.2 Å². The average Bonchev–Trinajstić information content (AvgIpc) is 3.03. The summed E-state index contributed by atoms with van der Waals surface area (Å²) < 4.78 is 0. The first-order chi connectivity index (χ1) is 11.5. The third-order valence-electron chi connectivity index (χ3n) is 4.18. The lowest BCUT2D eigenvalue weighted by Crippen LogP contribution is -2.49. The molecule has 24 heavy (non-hydrogen) atoms. The molecular weight excluding hydrogens is 308 g/mol. The molecule has 0 aromatic carbocycles. The van der Waals surface area contributed by atoms with Gasteiger partial charge in [-0.2, -0.15) is 5.26 Å². The predicted octanol–water partition coefficient (Wildman–Crippen LogP) is 1.38. The van der Waals surface area contributed by atoms with E-state index in [0.29, 0.717) is 12.0 Å². The van der Waals surface area contributed by atoms with Crippen molar-refractivity contribution >= 4 is 22.8 Å². The van der Waals surface area contributed by atoms with Gasteiger partial charge < -0.3 is 20.3 Å². The van der Waals surface area contributed by atoms with Crippen LogP contribution >= 0.6 is 0 Å². The first-order valence-corrected chi connectivity index (χ1v) is 7.85. The minimum Gasteiger partial charge on any atom is -0.480 e. The maximum Gasteiger partial charge on any atom is 0.317 e. The van der Waals surface area contributed by atoms with Gasteiger partial charge in [-0.15, -0.1) is 0 Å². The first-order valence-electron chi connectivity index (χ1n) is 7.85. The molecule has 1 aliphatic rings. The largest absolute Gasteiger partial charge is 0.480 e. The van der Waals surface area contributed by atoms with E-state index in [9.17, 15) is 4.79 Å². The second-order valence-electron chi connectivity index (χ2n) is 5.81. The van der Waals surface area contributed by atoms with Crippen LogP contribution in [0.15, 0.2) is 18.6 Å². The summed E-state index contributed by atoms with van der Waals surface area (Å²) >= 11 is 0. The topological polar surface area (TPSA) is 118 Å². The summed E-state index contributed by atoms with van der Waals surface area (Å²) in [6.07, 6.45) is 4.36. The van der Waals surface area contributed by atoms with Crippen LogP contribution in [-0.4, -0.2) is 52.2 Å². The van der Waals surface area contributed by atoms with Crippen LogP contribution < -0.4 is 10.2 Å². The number of carboxylic acid groups (broad SMARTS) is 1. The molecule has 2 aromatic rings. The molecule has 1 saturated heterocycles. The van der Waals surface area contributed by atoms with Gasteiger partial charge in [0.2, 0.25) is 0 Å². The Bertz CT molecular complexity index is 723. The predicted molar refractivity (Wildman–Crippen MR) is 90.6 cm³/mol. The van der Waals surface area contributed by atoms with Gasteiger partial charge >= 0.3 is 5.97 Å². The molecule has 3 N–H and O–H groups in total. The second kappa shape index (κ2) is 8.26. The fraction of sp³-hybridized carbons (Fsp3) is 0.500. The number of fused-ring (bicyclic) bond motifs is 1. The molecule has 0 bridgehead atoms. The van der Waals surface area contributed by atoms with Crippen molar-refractivity contribution in [1.29, 1.82) is 5.26 Å². The molecule has 0 amide bonds. The second-order valence-corrected chi connectivity index (χ2v) is 5.81. The molecule has 2 atom stereocenters.